The van der Waals surface area contributed by atoms with Gasteiger partial charge < -0.3 is 15.7 Å². The molecule has 1 aliphatic rings. The minimum atomic E-state index is -0.337. The van der Waals surface area contributed by atoms with Crippen molar-refractivity contribution in [3.05, 3.63) is 29.8 Å². The van der Waals surface area contributed by atoms with Crippen LogP contribution in [0.15, 0.2) is 18.3 Å². The second kappa shape index (κ2) is 6.22. The minimum absolute atomic E-state index is 0.154. The van der Waals surface area contributed by atoms with Crippen LogP contribution in [0.4, 0.5) is 4.39 Å². The van der Waals surface area contributed by atoms with Gasteiger partial charge in [-0.3, -0.25) is 4.98 Å². The molecule has 0 saturated carbocycles. The zero-order valence-electron chi connectivity index (χ0n) is 10.4. The van der Waals surface area contributed by atoms with E-state index < -0.39 is 0 Å². The van der Waals surface area contributed by atoms with Gasteiger partial charge in [-0.25, -0.2) is 4.39 Å². The molecule has 18 heavy (non-hydrogen) atoms. The molecule has 0 spiro atoms. The van der Waals surface area contributed by atoms with Gasteiger partial charge in [-0.2, -0.15) is 0 Å². The maximum atomic E-state index is 12.7. The summed E-state index contributed by atoms with van der Waals surface area (Å²) in [6.07, 6.45) is 3.06. The number of likely N-dealkylation sites (tertiary alicyclic amines) is 1. The lowest BCUT2D eigenvalue weighted by molar-refractivity contribution is 0.220. The molecule has 0 bridgehead atoms. The zero-order chi connectivity index (χ0) is 13.0. The van der Waals surface area contributed by atoms with Crippen molar-refractivity contribution in [1.29, 1.82) is 0 Å². The smallest absolute Gasteiger partial charge is 0.141 e. The Hall–Kier alpha value is -1.04. The molecule has 3 N–H and O–H groups in total. The van der Waals surface area contributed by atoms with E-state index in [1.165, 1.54) is 12.3 Å². The highest BCUT2D eigenvalue weighted by Gasteiger charge is 2.22. The largest absolute Gasteiger partial charge is 0.396 e. The lowest BCUT2D eigenvalue weighted by Crippen LogP contribution is -2.26. The molecule has 4 nitrogen and oxygen atoms in total. The van der Waals surface area contributed by atoms with Crippen LogP contribution in [0.1, 0.15) is 24.6 Å². The predicted octanol–water partition coefficient (Wildman–Crippen LogP) is 0.925. The summed E-state index contributed by atoms with van der Waals surface area (Å²) in [6.45, 7) is 3.13. The van der Waals surface area contributed by atoms with Crippen molar-refractivity contribution in [2.75, 3.05) is 26.2 Å². The van der Waals surface area contributed by atoms with Crippen LogP contribution in [0.5, 0.6) is 0 Å². The number of nitrogens with zero attached hydrogens (tertiary/aromatic N) is 2. The van der Waals surface area contributed by atoms with E-state index in [0.717, 1.165) is 38.2 Å². The summed E-state index contributed by atoms with van der Waals surface area (Å²) in [5.41, 5.74) is 6.76. The lowest BCUT2D eigenvalue weighted by atomic mass is 10.1. The Morgan fingerprint density at radius 2 is 2.39 bits per heavy atom. The van der Waals surface area contributed by atoms with Crippen molar-refractivity contribution in [1.82, 2.24) is 9.88 Å². The Balaban J connectivity index is 1.78. The van der Waals surface area contributed by atoms with E-state index in [4.69, 9.17) is 10.8 Å². The first-order valence-electron chi connectivity index (χ1n) is 6.39. The lowest BCUT2D eigenvalue weighted by Gasteiger charge is -2.18. The second-order valence-electron chi connectivity index (χ2n) is 4.93. The normalized spacial score (nSPS) is 22.3. The van der Waals surface area contributed by atoms with E-state index in [0.29, 0.717) is 5.92 Å². The highest BCUT2D eigenvalue weighted by atomic mass is 19.1. The minimum Gasteiger partial charge on any atom is -0.396 e. The summed E-state index contributed by atoms with van der Waals surface area (Å²) >= 11 is 0. The summed E-state index contributed by atoms with van der Waals surface area (Å²) in [7, 11) is 0. The summed E-state index contributed by atoms with van der Waals surface area (Å²) in [6, 6.07) is 2.87. The molecule has 2 rings (SSSR count). The van der Waals surface area contributed by atoms with Gasteiger partial charge in [0.2, 0.25) is 0 Å². The van der Waals surface area contributed by atoms with Crippen LogP contribution in [0.3, 0.4) is 0 Å². The number of aromatic nitrogens is 1. The molecular formula is C13H20FN3O. The average Bonchev–Trinajstić information content (AvgIpc) is 2.85. The molecule has 1 aromatic rings. The van der Waals surface area contributed by atoms with E-state index in [2.05, 4.69) is 9.88 Å². The van der Waals surface area contributed by atoms with E-state index in [1.807, 2.05) is 0 Å². The molecule has 0 radical (unpaired) electrons. The molecule has 0 aromatic carbocycles. The third kappa shape index (κ3) is 3.48. The Morgan fingerprint density at radius 3 is 3.00 bits per heavy atom. The Labute approximate surface area is 107 Å². The molecule has 100 valence electrons. The predicted molar refractivity (Wildman–Crippen MR) is 67.4 cm³/mol. The van der Waals surface area contributed by atoms with Crippen LogP contribution in [-0.2, 0) is 0 Å². The summed E-state index contributed by atoms with van der Waals surface area (Å²) in [5.74, 6) is 0.0708. The van der Waals surface area contributed by atoms with Gasteiger partial charge in [0.25, 0.3) is 0 Å². The van der Waals surface area contributed by atoms with Crippen molar-refractivity contribution < 1.29 is 9.50 Å². The SMILES string of the molecule is NC(CCN1CCC(CO)C1)c1ccc(F)cn1. The van der Waals surface area contributed by atoms with Crippen LogP contribution in [0.25, 0.3) is 0 Å². The third-order valence-corrected chi connectivity index (χ3v) is 3.51. The first kappa shape index (κ1) is 13.4. The van der Waals surface area contributed by atoms with Gasteiger partial charge in [0.05, 0.1) is 11.9 Å². The Morgan fingerprint density at radius 1 is 1.56 bits per heavy atom. The van der Waals surface area contributed by atoms with E-state index >= 15 is 0 Å². The van der Waals surface area contributed by atoms with Crippen LogP contribution in [0, 0.1) is 11.7 Å². The highest BCUT2D eigenvalue weighted by molar-refractivity contribution is 5.09. The van der Waals surface area contributed by atoms with Gasteiger partial charge in [0.1, 0.15) is 5.82 Å². The van der Waals surface area contributed by atoms with Gasteiger partial charge in [-0.1, -0.05) is 0 Å². The van der Waals surface area contributed by atoms with Gasteiger partial charge >= 0.3 is 0 Å². The number of nitrogens with two attached hydrogens (primary N) is 1. The standard InChI is InChI=1S/C13H20FN3O/c14-11-1-2-13(16-7-11)12(15)4-6-17-5-3-10(8-17)9-18/h1-2,7,10,12,18H,3-6,8-9,15H2. The molecule has 2 unspecified atom stereocenters. The third-order valence-electron chi connectivity index (χ3n) is 3.51. The van der Waals surface area contributed by atoms with Crippen LogP contribution in [0.2, 0.25) is 0 Å². The van der Waals surface area contributed by atoms with Gasteiger partial charge in [-0.15, -0.1) is 0 Å². The van der Waals surface area contributed by atoms with Crippen molar-refractivity contribution in [2.45, 2.75) is 18.9 Å². The van der Waals surface area contributed by atoms with Crippen molar-refractivity contribution in [2.24, 2.45) is 11.7 Å². The number of halogens is 1. The van der Waals surface area contributed by atoms with E-state index in [-0.39, 0.29) is 18.5 Å². The van der Waals surface area contributed by atoms with Crippen molar-refractivity contribution in [3.63, 3.8) is 0 Å². The molecule has 1 aromatic heterocycles. The fourth-order valence-corrected chi connectivity index (χ4v) is 2.34. The number of rotatable bonds is 5. The average molecular weight is 253 g/mol. The topological polar surface area (TPSA) is 62.4 Å². The molecule has 1 saturated heterocycles. The van der Waals surface area contributed by atoms with Crippen LogP contribution >= 0.6 is 0 Å². The molecule has 2 atom stereocenters. The Bertz CT molecular complexity index is 371. The van der Waals surface area contributed by atoms with Gasteiger partial charge in [0.15, 0.2) is 0 Å². The summed E-state index contributed by atoms with van der Waals surface area (Å²) < 4.78 is 12.7. The number of aliphatic hydroxyl groups excluding tert-OH is 1. The zero-order valence-corrected chi connectivity index (χ0v) is 10.4. The van der Waals surface area contributed by atoms with Gasteiger partial charge in [-0.05, 0) is 37.4 Å². The van der Waals surface area contributed by atoms with Gasteiger partial charge in [0, 0.05) is 25.7 Å². The second-order valence-corrected chi connectivity index (χ2v) is 4.93. The van der Waals surface area contributed by atoms with Crippen molar-refractivity contribution in [3.8, 4) is 0 Å². The number of hydrogen-bond donors (Lipinski definition) is 2. The van der Waals surface area contributed by atoms with Crippen molar-refractivity contribution >= 4 is 0 Å². The quantitative estimate of drug-likeness (QED) is 0.819. The van der Waals surface area contributed by atoms with E-state index in [9.17, 15) is 4.39 Å². The maximum absolute atomic E-state index is 12.7. The van der Waals surface area contributed by atoms with E-state index in [1.54, 1.807) is 6.07 Å². The first-order valence-corrected chi connectivity index (χ1v) is 6.39. The molecule has 5 heteroatoms. The summed E-state index contributed by atoms with van der Waals surface area (Å²) in [4.78, 5) is 6.31. The fourth-order valence-electron chi connectivity index (χ4n) is 2.34. The summed E-state index contributed by atoms with van der Waals surface area (Å²) in [5, 5.41) is 9.07. The van der Waals surface area contributed by atoms with Crippen LogP contribution < -0.4 is 5.73 Å². The molecule has 1 fully saturated rings. The number of aliphatic hydroxyl groups is 1. The molecule has 0 amide bonds. The molecular weight excluding hydrogens is 233 g/mol. The highest BCUT2D eigenvalue weighted by Crippen LogP contribution is 2.18. The number of hydrogen-bond acceptors (Lipinski definition) is 4. The molecule has 0 aliphatic carbocycles. The first-order chi connectivity index (χ1) is 8.69. The number of pyridine rings is 1. The monoisotopic (exact) mass is 253 g/mol. The molecule has 1 aliphatic heterocycles. The Kier molecular flexibility index (Phi) is 4.63. The van der Waals surface area contributed by atoms with Crippen LogP contribution in [-0.4, -0.2) is 41.2 Å². The molecule has 2 heterocycles. The maximum Gasteiger partial charge on any atom is 0.141 e. The fraction of sp³-hybridized carbons (Fsp3) is 0.615.